The zero-order chi connectivity index (χ0) is 21.0. The van der Waals surface area contributed by atoms with Crippen LogP contribution in [0.15, 0.2) is 60.7 Å². The summed E-state index contributed by atoms with van der Waals surface area (Å²) in [6.07, 6.45) is -0.197. The number of amides is 1. The van der Waals surface area contributed by atoms with E-state index in [0.717, 1.165) is 19.6 Å². The second kappa shape index (κ2) is 9.00. The summed E-state index contributed by atoms with van der Waals surface area (Å²) in [6.45, 7) is 10.4. The van der Waals surface area contributed by atoms with Gasteiger partial charge >= 0.3 is 6.09 Å². The molecule has 1 fully saturated rings. The highest BCUT2D eigenvalue weighted by molar-refractivity contribution is 5.68. The van der Waals surface area contributed by atoms with Crippen LogP contribution < -0.4 is 0 Å². The number of hydrogen-bond acceptors (Lipinski definition) is 3. The van der Waals surface area contributed by atoms with Crippen molar-refractivity contribution in [1.29, 1.82) is 0 Å². The minimum absolute atomic E-state index is 0.195. The van der Waals surface area contributed by atoms with Gasteiger partial charge in [-0.1, -0.05) is 67.6 Å². The van der Waals surface area contributed by atoms with Crippen LogP contribution in [0.1, 0.15) is 44.9 Å². The fourth-order valence-corrected chi connectivity index (χ4v) is 4.19. The quantitative estimate of drug-likeness (QED) is 0.698. The number of ether oxygens (including phenoxy) is 1. The van der Waals surface area contributed by atoms with Gasteiger partial charge in [0.15, 0.2) is 0 Å². The van der Waals surface area contributed by atoms with Crippen LogP contribution in [0.25, 0.3) is 0 Å². The number of benzene rings is 2. The smallest absolute Gasteiger partial charge is 0.410 e. The van der Waals surface area contributed by atoms with E-state index in [1.165, 1.54) is 11.1 Å². The molecule has 0 N–H and O–H groups in total. The highest BCUT2D eigenvalue weighted by atomic mass is 16.6. The van der Waals surface area contributed by atoms with Crippen LogP contribution in [0.2, 0.25) is 0 Å². The zero-order valence-corrected chi connectivity index (χ0v) is 18.3. The topological polar surface area (TPSA) is 32.8 Å². The van der Waals surface area contributed by atoms with E-state index in [-0.39, 0.29) is 12.1 Å². The maximum absolute atomic E-state index is 12.5. The third kappa shape index (κ3) is 5.60. The first-order chi connectivity index (χ1) is 13.7. The Kier molecular flexibility index (Phi) is 6.63. The van der Waals surface area contributed by atoms with E-state index in [4.69, 9.17) is 4.74 Å². The third-order valence-corrected chi connectivity index (χ3v) is 5.61. The molecule has 4 nitrogen and oxygen atoms in total. The molecule has 1 heterocycles. The van der Waals surface area contributed by atoms with Gasteiger partial charge in [-0.25, -0.2) is 4.79 Å². The maximum Gasteiger partial charge on any atom is 0.410 e. The first kappa shape index (κ1) is 21.4. The van der Waals surface area contributed by atoms with Crippen molar-refractivity contribution in [3.8, 4) is 0 Å². The first-order valence-corrected chi connectivity index (χ1v) is 10.5. The summed E-state index contributed by atoms with van der Waals surface area (Å²) >= 11 is 0. The second-order valence-corrected chi connectivity index (χ2v) is 9.29. The molecule has 0 radical (unpaired) electrons. The lowest BCUT2D eigenvalue weighted by molar-refractivity contribution is 0.0282. The molecule has 1 aliphatic rings. The Bertz CT molecular complexity index is 746. The van der Waals surface area contributed by atoms with E-state index < -0.39 is 5.60 Å². The normalized spacial score (nSPS) is 19.8. The molecule has 2 atom stereocenters. The molecule has 2 aromatic carbocycles. The van der Waals surface area contributed by atoms with Gasteiger partial charge in [-0.3, -0.25) is 4.90 Å². The van der Waals surface area contributed by atoms with E-state index in [1.54, 1.807) is 0 Å². The van der Waals surface area contributed by atoms with Crippen LogP contribution in [0.3, 0.4) is 0 Å². The minimum Gasteiger partial charge on any atom is -0.444 e. The van der Waals surface area contributed by atoms with Crippen molar-refractivity contribution in [2.45, 2.75) is 39.3 Å². The largest absolute Gasteiger partial charge is 0.444 e. The Balaban J connectivity index is 1.73. The summed E-state index contributed by atoms with van der Waals surface area (Å²) in [5.41, 5.74) is 2.12. The zero-order valence-electron chi connectivity index (χ0n) is 18.3. The highest BCUT2D eigenvalue weighted by Crippen LogP contribution is 2.31. The molecule has 0 spiro atoms. The van der Waals surface area contributed by atoms with Gasteiger partial charge in [0.05, 0.1) is 6.04 Å². The van der Waals surface area contributed by atoms with E-state index in [9.17, 15) is 4.79 Å². The molecule has 29 heavy (non-hydrogen) atoms. The Labute approximate surface area is 175 Å². The number of rotatable bonds is 5. The van der Waals surface area contributed by atoms with Gasteiger partial charge in [-0.2, -0.15) is 0 Å². The summed E-state index contributed by atoms with van der Waals surface area (Å²) in [5, 5.41) is 0. The summed E-state index contributed by atoms with van der Waals surface area (Å²) in [7, 11) is 2.19. The Morgan fingerprint density at radius 1 is 1.03 bits per heavy atom. The third-order valence-electron chi connectivity index (χ3n) is 5.61. The van der Waals surface area contributed by atoms with Gasteiger partial charge < -0.3 is 9.64 Å². The number of carbonyl (C=O) groups is 1. The molecule has 0 saturated carbocycles. The minimum atomic E-state index is -0.457. The van der Waals surface area contributed by atoms with Crippen molar-refractivity contribution in [3.63, 3.8) is 0 Å². The second-order valence-electron chi connectivity index (χ2n) is 9.29. The fourth-order valence-electron chi connectivity index (χ4n) is 4.19. The van der Waals surface area contributed by atoms with E-state index in [2.05, 4.69) is 79.5 Å². The van der Waals surface area contributed by atoms with Gasteiger partial charge in [0.1, 0.15) is 5.60 Å². The van der Waals surface area contributed by atoms with Crippen molar-refractivity contribution in [2.24, 2.45) is 11.8 Å². The first-order valence-electron chi connectivity index (χ1n) is 10.5. The number of carbonyl (C=O) groups excluding carboxylic acids is 1. The standard InChI is InChI=1S/C25H34N2O2/c1-19-16-27(24(28)29-25(2,3)4)18-22(19)17-26(5)23(20-12-8-6-9-13-20)21-14-10-7-11-15-21/h6-15,19,22-23H,16-18H2,1-5H3. The molecule has 156 valence electrons. The van der Waals surface area contributed by atoms with Crippen molar-refractivity contribution < 1.29 is 9.53 Å². The number of nitrogens with zero attached hydrogens (tertiary/aromatic N) is 2. The molecule has 4 heteroatoms. The van der Waals surface area contributed by atoms with Gasteiger partial charge in [0.2, 0.25) is 0 Å². The molecule has 1 saturated heterocycles. The van der Waals surface area contributed by atoms with Gasteiger partial charge in [-0.05, 0) is 50.8 Å². The van der Waals surface area contributed by atoms with Crippen LogP contribution in [-0.4, -0.2) is 48.2 Å². The monoisotopic (exact) mass is 394 g/mol. The van der Waals surface area contributed by atoms with Gasteiger partial charge in [0, 0.05) is 19.6 Å². The van der Waals surface area contributed by atoms with Crippen molar-refractivity contribution in [2.75, 3.05) is 26.7 Å². The molecule has 3 rings (SSSR count). The molecule has 0 bridgehead atoms. The van der Waals surface area contributed by atoms with Crippen LogP contribution >= 0.6 is 0 Å². The molecule has 0 aliphatic carbocycles. The summed E-state index contributed by atoms with van der Waals surface area (Å²) in [4.78, 5) is 16.8. The Morgan fingerprint density at radius 2 is 1.55 bits per heavy atom. The molecular weight excluding hydrogens is 360 g/mol. The van der Waals surface area contributed by atoms with Crippen LogP contribution in [0.5, 0.6) is 0 Å². The lowest BCUT2D eigenvalue weighted by Gasteiger charge is -2.32. The van der Waals surface area contributed by atoms with Gasteiger partial charge in [-0.15, -0.1) is 0 Å². The van der Waals surface area contributed by atoms with Crippen LogP contribution in [-0.2, 0) is 4.74 Å². The molecule has 0 aromatic heterocycles. The molecule has 1 aliphatic heterocycles. The van der Waals surface area contributed by atoms with Crippen LogP contribution in [0, 0.1) is 11.8 Å². The number of hydrogen-bond donors (Lipinski definition) is 0. The Morgan fingerprint density at radius 3 is 2.03 bits per heavy atom. The lowest BCUT2D eigenvalue weighted by Crippen LogP contribution is -2.37. The summed E-state index contributed by atoms with van der Waals surface area (Å²) in [6, 6.07) is 21.5. The van der Waals surface area contributed by atoms with Gasteiger partial charge in [0.25, 0.3) is 0 Å². The fraction of sp³-hybridized carbons (Fsp3) is 0.480. The molecule has 2 unspecified atom stereocenters. The lowest BCUT2D eigenvalue weighted by atomic mass is 9.93. The summed E-state index contributed by atoms with van der Waals surface area (Å²) < 4.78 is 5.58. The highest BCUT2D eigenvalue weighted by Gasteiger charge is 2.36. The molecule has 2 aromatic rings. The SMILES string of the molecule is CC1CN(C(=O)OC(C)(C)C)CC1CN(C)C(c1ccccc1)c1ccccc1. The summed E-state index contributed by atoms with van der Waals surface area (Å²) in [5.74, 6) is 0.861. The van der Waals surface area contributed by atoms with E-state index in [0.29, 0.717) is 11.8 Å². The van der Waals surface area contributed by atoms with E-state index in [1.807, 2.05) is 25.7 Å². The van der Waals surface area contributed by atoms with Crippen molar-refractivity contribution in [3.05, 3.63) is 71.8 Å². The van der Waals surface area contributed by atoms with Crippen molar-refractivity contribution in [1.82, 2.24) is 9.80 Å². The molecular formula is C25H34N2O2. The van der Waals surface area contributed by atoms with E-state index >= 15 is 0 Å². The molecule has 1 amide bonds. The average molecular weight is 395 g/mol. The van der Waals surface area contributed by atoms with Crippen molar-refractivity contribution >= 4 is 6.09 Å². The average Bonchev–Trinajstić information content (AvgIpc) is 3.03. The maximum atomic E-state index is 12.5. The Hall–Kier alpha value is -2.33. The number of likely N-dealkylation sites (tertiary alicyclic amines) is 1. The predicted octanol–water partition coefficient (Wildman–Crippen LogP) is 5.21. The van der Waals surface area contributed by atoms with Crippen LogP contribution in [0.4, 0.5) is 4.79 Å². The predicted molar refractivity (Wildman–Crippen MR) is 118 cm³/mol.